The highest BCUT2D eigenvalue weighted by molar-refractivity contribution is 5.96. The molecule has 24 heavy (non-hydrogen) atoms. The van der Waals surface area contributed by atoms with Crippen LogP contribution in [0.25, 0.3) is 0 Å². The van der Waals surface area contributed by atoms with Gasteiger partial charge in [-0.15, -0.1) is 0 Å². The second-order valence-corrected chi connectivity index (χ2v) is 7.17. The minimum Gasteiger partial charge on any atom is -0.373 e. The van der Waals surface area contributed by atoms with E-state index in [2.05, 4.69) is 5.32 Å². The van der Waals surface area contributed by atoms with Crippen molar-refractivity contribution in [3.63, 3.8) is 0 Å². The number of ketones is 1. The van der Waals surface area contributed by atoms with E-state index >= 15 is 0 Å². The molecule has 1 atom stereocenters. The van der Waals surface area contributed by atoms with Crippen LogP contribution >= 0.6 is 0 Å². The van der Waals surface area contributed by atoms with E-state index in [4.69, 9.17) is 4.74 Å². The van der Waals surface area contributed by atoms with Crippen molar-refractivity contribution in [2.24, 2.45) is 0 Å². The zero-order chi connectivity index (χ0) is 16.8. The molecule has 1 spiro atoms. The first kappa shape index (κ1) is 17.2. The van der Waals surface area contributed by atoms with E-state index in [1.165, 1.54) is 19.3 Å². The van der Waals surface area contributed by atoms with Crippen LogP contribution in [0.1, 0.15) is 68.1 Å². The third kappa shape index (κ3) is 4.44. The van der Waals surface area contributed by atoms with E-state index < -0.39 is 0 Å². The summed E-state index contributed by atoms with van der Waals surface area (Å²) < 4.78 is 6.03. The number of hydrogen-bond acceptors (Lipinski definition) is 3. The molecular formula is C20H27NO3. The fraction of sp³-hybridized carbons (Fsp3) is 0.600. The molecule has 0 bridgehead atoms. The molecule has 1 aromatic rings. The van der Waals surface area contributed by atoms with E-state index in [1.54, 1.807) is 0 Å². The molecule has 1 heterocycles. The van der Waals surface area contributed by atoms with Gasteiger partial charge in [-0.25, -0.2) is 0 Å². The Morgan fingerprint density at radius 1 is 1.08 bits per heavy atom. The Morgan fingerprint density at radius 3 is 2.58 bits per heavy atom. The van der Waals surface area contributed by atoms with Crippen LogP contribution < -0.4 is 5.32 Å². The molecule has 1 aromatic carbocycles. The van der Waals surface area contributed by atoms with Crippen molar-refractivity contribution in [3.05, 3.63) is 35.9 Å². The number of ether oxygens (including phenoxy) is 1. The van der Waals surface area contributed by atoms with Gasteiger partial charge in [0.15, 0.2) is 5.78 Å². The van der Waals surface area contributed by atoms with Crippen LogP contribution in [0.5, 0.6) is 0 Å². The number of Topliss-reactive ketones (excluding diaryl/α,β-unsaturated/α-hetero) is 1. The number of nitrogens with one attached hydrogen (secondary N) is 1. The standard InChI is InChI=1S/C20H27NO3/c22-18(16-8-3-1-4-9-16)10-7-11-19(23)21-17-14-20(24-15-17)12-5-2-6-13-20/h1,3-4,8-9,17H,2,5-7,10-15H2,(H,21,23)/t17-/m0/s1. The third-order valence-corrected chi connectivity index (χ3v) is 5.24. The maximum absolute atomic E-state index is 12.1. The van der Waals surface area contributed by atoms with Crippen molar-refractivity contribution in [2.45, 2.75) is 69.4 Å². The zero-order valence-electron chi connectivity index (χ0n) is 14.3. The first-order valence-electron chi connectivity index (χ1n) is 9.18. The molecule has 1 aliphatic heterocycles. The molecule has 1 saturated carbocycles. The Labute approximate surface area is 144 Å². The SMILES string of the molecule is O=C(CCCC(=O)c1ccccc1)N[C@@H]1COC2(CCCCC2)C1. The molecule has 2 fully saturated rings. The van der Waals surface area contributed by atoms with Gasteiger partial charge in [-0.05, 0) is 25.7 Å². The summed E-state index contributed by atoms with van der Waals surface area (Å²) in [6.07, 6.45) is 8.41. The van der Waals surface area contributed by atoms with Crippen LogP contribution in [0.15, 0.2) is 30.3 Å². The minimum atomic E-state index is 0.0273. The van der Waals surface area contributed by atoms with Crippen molar-refractivity contribution >= 4 is 11.7 Å². The minimum absolute atomic E-state index is 0.0273. The number of amides is 1. The Bertz CT molecular complexity index is 564. The Kier molecular flexibility index (Phi) is 5.67. The van der Waals surface area contributed by atoms with Gasteiger partial charge in [0, 0.05) is 18.4 Å². The maximum Gasteiger partial charge on any atom is 0.220 e. The number of benzene rings is 1. The van der Waals surface area contributed by atoms with Crippen molar-refractivity contribution in [2.75, 3.05) is 6.61 Å². The van der Waals surface area contributed by atoms with Gasteiger partial charge in [-0.3, -0.25) is 9.59 Å². The normalized spacial score (nSPS) is 22.4. The fourth-order valence-electron chi connectivity index (χ4n) is 3.96. The summed E-state index contributed by atoms with van der Waals surface area (Å²) in [5.41, 5.74) is 0.751. The Balaban J connectivity index is 1.36. The van der Waals surface area contributed by atoms with E-state index in [1.807, 2.05) is 30.3 Å². The first-order chi connectivity index (χ1) is 11.7. The molecule has 1 saturated heterocycles. The van der Waals surface area contributed by atoms with E-state index in [0.717, 1.165) is 24.8 Å². The third-order valence-electron chi connectivity index (χ3n) is 5.24. The van der Waals surface area contributed by atoms with Crippen molar-refractivity contribution in [1.82, 2.24) is 5.32 Å². The monoisotopic (exact) mass is 329 g/mol. The van der Waals surface area contributed by atoms with Gasteiger partial charge < -0.3 is 10.1 Å². The number of rotatable bonds is 6. The molecule has 0 unspecified atom stereocenters. The van der Waals surface area contributed by atoms with Gasteiger partial charge in [0.05, 0.1) is 18.2 Å². The zero-order valence-corrected chi connectivity index (χ0v) is 14.3. The number of carbonyl (C=O) groups is 2. The summed E-state index contributed by atoms with van der Waals surface area (Å²) in [7, 11) is 0. The van der Waals surface area contributed by atoms with Crippen molar-refractivity contribution in [3.8, 4) is 0 Å². The lowest BCUT2D eigenvalue weighted by molar-refractivity contribution is -0.121. The summed E-state index contributed by atoms with van der Waals surface area (Å²) >= 11 is 0. The quantitative estimate of drug-likeness (QED) is 0.811. The lowest BCUT2D eigenvalue weighted by atomic mass is 9.82. The average Bonchev–Trinajstić information content (AvgIpc) is 2.98. The summed E-state index contributed by atoms with van der Waals surface area (Å²) in [5.74, 6) is 0.145. The summed E-state index contributed by atoms with van der Waals surface area (Å²) in [6, 6.07) is 9.40. The van der Waals surface area contributed by atoms with Crippen LogP contribution in [0, 0.1) is 0 Å². The van der Waals surface area contributed by atoms with Gasteiger partial charge in [0.25, 0.3) is 0 Å². The Hall–Kier alpha value is -1.68. The van der Waals surface area contributed by atoms with Crippen LogP contribution in [0.2, 0.25) is 0 Å². The van der Waals surface area contributed by atoms with Gasteiger partial charge in [0.1, 0.15) is 0 Å². The van der Waals surface area contributed by atoms with Crippen LogP contribution in [0.4, 0.5) is 0 Å². The Morgan fingerprint density at radius 2 is 1.83 bits per heavy atom. The second kappa shape index (κ2) is 7.93. The molecule has 4 heteroatoms. The predicted octanol–water partition coefficient (Wildman–Crippen LogP) is 3.65. The molecule has 3 rings (SSSR count). The van der Waals surface area contributed by atoms with Crippen LogP contribution in [-0.2, 0) is 9.53 Å². The number of carbonyl (C=O) groups excluding carboxylic acids is 2. The number of hydrogen-bond donors (Lipinski definition) is 1. The molecule has 4 nitrogen and oxygen atoms in total. The van der Waals surface area contributed by atoms with E-state index in [-0.39, 0.29) is 23.3 Å². The summed E-state index contributed by atoms with van der Waals surface area (Å²) in [6.45, 7) is 0.634. The fourth-order valence-corrected chi connectivity index (χ4v) is 3.96. The van der Waals surface area contributed by atoms with Gasteiger partial charge >= 0.3 is 0 Å². The van der Waals surface area contributed by atoms with E-state index in [9.17, 15) is 9.59 Å². The second-order valence-electron chi connectivity index (χ2n) is 7.17. The average molecular weight is 329 g/mol. The molecule has 2 aliphatic rings. The van der Waals surface area contributed by atoms with Crippen molar-refractivity contribution in [1.29, 1.82) is 0 Å². The highest BCUT2D eigenvalue weighted by Gasteiger charge is 2.41. The molecule has 1 aliphatic carbocycles. The molecule has 130 valence electrons. The lowest BCUT2D eigenvalue weighted by Gasteiger charge is -2.32. The van der Waals surface area contributed by atoms with Crippen LogP contribution in [0.3, 0.4) is 0 Å². The maximum atomic E-state index is 12.1. The smallest absolute Gasteiger partial charge is 0.220 e. The van der Waals surface area contributed by atoms with Gasteiger partial charge in [0.2, 0.25) is 5.91 Å². The lowest BCUT2D eigenvalue weighted by Crippen LogP contribution is -2.37. The molecule has 1 N–H and O–H groups in total. The summed E-state index contributed by atoms with van der Waals surface area (Å²) in [5, 5.41) is 3.09. The van der Waals surface area contributed by atoms with Crippen molar-refractivity contribution < 1.29 is 14.3 Å². The molecule has 0 aromatic heterocycles. The highest BCUT2D eigenvalue weighted by Crippen LogP contribution is 2.39. The first-order valence-corrected chi connectivity index (χ1v) is 9.18. The predicted molar refractivity (Wildman–Crippen MR) is 92.9 cm³/mol. The van der Waals surface area contributed by atoms with Gasteiger partial charge in [-0.1, -0.05) is 49.6 Å². The highest BCUT2D eigenvalue weighted by atomic mass is 16.5. The molecular weight excluding hydrogens is 302 g/mol. The topological polar surface area (TPSA) is 55.4 Å². The molecule has 0 radical (unpaired) electrons. The summed E-state index contributed by atoms with van der Waals surface area (Å²) in [4.78, 5) is 24.1. The van der Waals surface area contributed by atoms with Gasteiger partial charge in [-0.2, -0.15) is 0 Å². The van der Waals surface area contributed by atoms with E-state index in [0.29, 0.717) is 25.9 Å². The largest absolute Gasteiger partial charge is 0.373 e. The van der Waals surface area contributed by atoms with Crippen LogP contribution in [-0.4, -0.2) is 29.9 Å². The molecule has 1 amide bonds.